The molecule has 1 aromatic carbocycles. The molecule has 1 aromatic rings. The van der Waals surface area contributed by atoms with Gasteiger partial charge in [0.05, 0.1) is 13.2 Å². The molecular formula is C13H21IN2O2. The van der Waals surface area contributed by atoms with Gasteiger partial charge in [0.15, 0.2) is 0 Å². The summed E-state index contributed by atoms with van der Waals surface area (Å²) in [7, 11) is 1.67. The quantitative estimate of drug-likeness (QED) is 0.303. The van der Waals surface area contributed by atoms with Gasteiger partial charge in [-0.25, -0.2) is 0 Å². The second-order valence-electron chi connectivity index (χ2n) is 4.09. The monoisotopic (exact) mass is 364 g/mol. The maximum atomic E-state index is 5.56. The summed E-state index contributed by atoms with van der Waals surface area (Å²) in [5.41, 5.74) is 4.13. The normalized spacial score (nSPS) is 12.6. The molecule has 0 aliphatic rings. The highest BCUT2D eigenvalue weighted by Gasteiger charge is 2.07. The summed E-state index contributed by atoms with van der Waals surface area (Å²) >= 11 is 2.30. The standard InChI is InChI=1S/C13H21IN2O2/c1-17-8-9-18-7-6-13(16-15)10-11-2-4-12(14)5-3-11/h2-5,13,16H,6-10,15H2,1H3. The van der Waals surface area contributed by atoms with Crippen molar-refractivity contribution < 1.29 is 9.47 Å². The molecule has 0 aromatic heterocycles. The molecule has 0 aliphatic carbocycles. The highest BCUT2D eigenvalue weighted by atomic mass is 127. The summed E-state index contributed by atoms with van der Waals surface area (Å²) in [6, 6.07) is 8.74. The van der Waals surface area contributed by atoms with Crippen molar-refractivity contribution in [1.29, 1.82) is 0 Å². The molecule has 18 heavy (non-hydrogen) atoms. The zero-order chi connectivity index (χ0) is 13.2. The zero-order valence-corrected chi connectivity index (χ0v) is 12.9. The van der Waals surface area contributed by atoms with Crippen LogP contribution in [-0.2, 0) is 15.9 Å². The van der Waals surface area contributed by atoms with E-state index in [1.54, 1.807) is 7.11 Å². The lowest BCUT2D eigenvalue weighted by atomic mass is 10.0. The molecule has 1 atom stereocenters. The predicted octanol–water partition coefficient (Wildman–Crippen LogP) is 1.72. The smallest absolute Gasteiger partial charge is 0.0700 e. The first kappa shape index (κ1) is 15.8. The molecule has 3 N–H and O–H groups in total. The van der Waals surface area contributed by atoms with Gasteiger partial charge in [0, 0.05) is 23.3 Å². The van der Waals surface area contributed by atoms with Crippen molar-refractivity contribution in [3.05, 3.63) is 33.4 Å². The highest BCUT2D eigenvalue weighted by Crippen LogP contribution is 2.09. The largest absolute Gasteiger partial charge is 0.382 e. The summed E-state index contributed by atoms with van der Waals surface area (Å²) in [5, 5.41) is 0. The number of hydrazine groups is 1. The molecular weight excluding hydrogens is 343 g/mol. The molecule has 0 fully saturated rings. The lowest BCUT2D eigenvalue weighted by Crippen LogP contribution is -2.37. The van der Waals surface area contributed by atoms with Crippen molar-refractivity contribution in [1.82, 2.24) is 5.43 Å². The molecule has 0 saturated carbocycles. The Bertz CT molecular complexity index is 319. The van der Waals surface area contributed by atoms with Crippen molar-refractivity contribution in [3.63, 3.8) is 0 Å². The van der Waals surface area contributed by atoms with E-state index in [2.05, 4.69) is 52.3 Å². The van der Waals surface area contributed by atoms with E-state index in [0.29, 0.717) is 19.8 Å². The van der Waals surface area contributed by atoms with Crippen molar-refractivity contribution in [2.45, 2.75) is 18.9 Å². The van der Waals surface area contributed by atoms with Crippen molar-refractivity contribution in [2.24, 2.45) is 5.84 Å². The molecule has 0 aliphatic heterocycles. The molecule has 1 unspecified atom stereocenters. The fourth-order valence-corrected chi connectivity index (χ4v) is 1.98. The number of halogens is 1. The van der Waals surface area contributed by atoms with E-state index in [4.69, 9.17) is 15.3 Å². The lowest BCUT2D eigenvalue weighted by Gasteiger charge is -2.16. The zero-order valence-electron chi connectivity index (χ0n) is 10.7. The van der Waals surface area contributed by atoms with E-state index < -0.39 is 0 Å². The predicted molar refractivity (Wildman–Crippen MR) is 81.3 cm³/mol. The molecule has 0 spiro atoms. The summed E-state index contributed by atoms with van der Waals surface area (Å²) < 4.78 is 11.6. The van der Waals surface area contributed by atoms with Crippen molar-refractivity contribution in [3.8, 4) is 0 Å². The van der Waals surface area contributed by atoms with Crippen LogP contribution in [0.25, 0.3) is 0 Å². The van der Waals surface area contributed by atoms with Crippen LogP contribution in [0.2, 0.25) is 0 Å². The molecule has 4 nitrogen and oxygen atoms in total. The van der Waals surface area contributed by atoms with E-state index in [0.717, 1.165) is 12.8 Å². The highest BCUT2D eigenvalue weighted by molar-refractivity contribution is 14.1. The average Bonchev–Trinajstić information content (AvgIpc) is 2.39. The molecule has 1 rings (SSSR count). The van der Waals surface area contributed by atoms with Crippen LogP contribution < -0.4 is 11.3 Å². The Kier molecular flexibility index (Phi) is 8.53. The topological polar surface area (TPSA) is 56.5 Å². The van der Waals surface area contributed by atoms with Crippen molar-refractivity contribution >= 4 is 22.6 Å². The van der Waals surface area contributed by atoms with Gasteiger partial charge >= 0.3 is 0 Å². The van der Waals surface area contributed by atoms with Crippen LogP contribution in [0.3, 0.4) is 0 Å². The molecule has 0 bridgehead atoms. The Morgan fingerprint density at radius 1 is 1.22 bits per heavy atom. The third-order valence-electron chi connectivity index (χ3n) is 2.67. The van der Waals surface area contributed by atoms with E-state index in [-0.39, 0.29) is 6.04 Å². The van der Waals surface area contributed by atoms with E-state index in [1.807, 2.05) is 0 Å². The maximum absolute atomic E-state index is 5.56. The Balaban J connectivity index is 2.26. The molecule has 0 heterocycles. The molecule has 0 saturated heterocycles. The summed E-state index contributed by atoms with van der Waals surface area (Å²) in [4.78, 5) is 0. The van der Waals surface area contributed by atoms with Gasteiger partial charge in [-0.2, -0.15) is 0 Å². The van der Waals surface area contributed by atoms with E-state index in [1.165, 1.54) is 9.13 Å². The molecule has 0 radical (unpaired) electrons. The first-order valence-corrected chi connectivity index (χ1v) is 7.11. The number of rotatable bonds is 9. The van der Waals surface area contributed by atoms with Gasteiger partial charge in [-0.3, -0.25) is 11.3 Å². The Labute approximate surface area is 122 Å². The Hall–Kier alpha value is -0.210. The van der Waals surface area contributed by atoms with Gasteiger partial charge in [0.1, 0.15) is 0 Å². The molecule has 0 amide bonds. The first-order chi connectivity index (χ1) is 8.76. The lowest BCUT2D eigenvalue weighted by molar-refractivity contribution is 0.0658. The second kappa shape index (κ2) is 9.69. The summed E-state index contributed by atoms with van der Waals surface area (Å²) in [5.74, 6) is 5.56. The number of hydrogen-bond donors (Lipinski definition) is 2. The summed E-state index contributed by atoms with van der Waals surface area (Å²) in [6.07, 6.45) is 1.81. The fraction of sp³-hybridized carbons (Fsp3) is 0.538. The first-order valence-electron chi connectivity index (χ1n) is 6.03. The second-order valence-corrected chi connectivity index (χ2v) is 5.33. The average molecular weight is 364 g/mol. The van der Waals surface area contributed by atoms with Crippen LogP contribution in [0.1, 0.15) is 12.0 Å². The van der Waals surface area contributed by atoms with Gasteiger partial charge in [-0.15, -0.1) is 0 Å². The van der Waals surface area contributed by atoms with Crippen LogP contribution in [-0.4, -0.2) is 33.0 Å². The van der Waals surface area contributed by atoms with Gasteiger partial charge in [-0.1, -0.05) is 12.1 Å². The number of nitrogens with two attached hydrogens (primary N) is 1. The SMILES string of the molecule is COCCOCCC(Cc1ccc(I)cc1)NN. The Morgan fingerprint density at radius 2 is 1.94 bits per heavy atom. The fourth-order valence-electron chi connectivity index (χ4n) is 1.62. The summed E-state index contributed by atoms with van der Waals surface area (Å²) in [6.45, 7) is 1.97. The number of ether oxygens (including phenoxy) is 2. The number of nitrogens with one attached hydrogen (secondary N) is 1. The number of methoxy groups -OCH3 is 1. The third kappa shape index (κ3) is 6.65. The minimum absolute atomic E-state index is 0.243. The molecule has 5 heteroatoms. The minimum Gasteiger partial charge on any atom is -0.382 e. The maximum Gasteiger partial charge on any atom is 0.0700 e. The van der Waals surface area contributed by atoms with Crippen LogP contribution >= 0.6 is 22.6 Å². The van der Waals surface area contributed by atoms with E-state index in [9.17, 15) is 0 Å². The molecule has 102 valence electrons. The van der Waals surface area contributed by atoms with Crippen molar-refractivity contribution in [2.75, 3.05) is 26.9 Å². The number of hydrogen-bond acceptors (Lipinski definition) is 4. The van der Waals surface area contributed by atoms with Gasteiger partial charge in [-0.05, 0) is 53.1 Å². The van der Waals surface area contributed by atoms with E-state index >= 15 is 0 Å². The van der Waals surface area contributed by atoms with Gasteiger partial charge < -0.3 is 9.47 Å². The Morgan fingerprint density at radius 3 is 2.56 bits per heavy atom. The van der Waals surface area contributed by atoms with Crippen LogP contribution in [0.4, 0.5) is 0 Å². The van der Waals surface area contributed by atoms with Gasteiger partial charge in [0.2, 0.25) is 0 Å². The van der Waals surface area contributed by atoms with Crippen LogP contribution in [0.15, 0.2) is 24.3 Å². The third-order valence-corrected chi connectivity index (χ3v) is 3.39. The number of benzene rings is 1. The van der Waals surface area contributed by atoms with Crippen LogP contribution in [0.5, 0.6) is 0 Å². The van der Waals surface area contributed by atoms with Crippen LogP contribution in [0, 0.1) is 3.57 Å². The minimum atomic E-state index is 0.243. The van der Waals surface area contributed by atoms with Gasteiger partial charge in [0.25, 0.3) is 0 Å².